The highest BCUT2D eigenvalue weighted by Gasteiger charge is 2.45. The number of benzene rings is 1. The molecule has 2 aliphatic rings. The summed E-state index contributed by atoms with van der Waals surface area (Å²) in [6.45, 7) is 5.24. The van der Waals surface area contributed by atoms with Gasteiger partial charge in [-0.1, -0.05) is 17.3 Å². The minimum absolute atomic E-state index is 0.0579. The van der Waals surface area contributed by atoms with Gasteiger partial charge in [-0.05, 0) is 62.6 Å². The number of hydrogen-bond donors (Lipinski definition) is 2. The van der Waals surface area contributed by atoms with Crippen LogP contribution in [0.3, 0.4) is 0 Å². The van der Waals surface area contributed by atoms with Gasteiger partial charge in [0.15, 0.2) is 5.82 Å². The van der Waals surface area contributed by atoms with Crippen LogP contribution in [0.1, 0.15) is 50.2 Å². The lowest BCUT2D eigenvalue weighted by atomic mass is 9.93. The third-order valence-electron chi connectivity index (χ3n) is 5.87. The van der Waals surface area contributed by atoms with Gasteiger partial charge in [-0.15, -0.1) is 0 Å². The van der Waals surface area contributed by atoms with E-state index in [9.17, 15) is 9.90 Å². The van der Waals surface area contributed by atoms with Crippen LogP contribution in [0.4, 0.5) is 0 Å². The summed E-state index contributed by atoms with van der Waals surface area (Å²) in [5.74, 6) is 1.08. The molecule has 144 valence electrons. The highest BCUT2D eigenvalue weighted by molar-refractivity contribution is 5.81. The van der Waals surface area contributed by atoms with Crippen LogP contribution in [0.15, 0.2) is 28.8 Å². The Morgan fingerprint density at radius 2 is 1.89 bits per heavy atom. The van der Waals surface area contributed by atoms with E-state index >= 15 is 0 Å². The zero-order chi connectivity index (χ0) is 19.0. The van der Waals surface area contributed by atoms with Crippen LogP contribution in [0, 0.1) is 12.3 Å². The largest absolute Gasteiger partial charge is 0.374 e. The van der Waals surface area contributed by atoms with Crippen molar-refractivity contribution in [2.45, 2.75) is 51.8 Å². The first-order valence-corrected chi connectivity index (χ1v) is 9.59. The van der Waals surface area contributed by atoms with E-state index < -0.39 is 12.3 Å². The first-order chi connectivity index (χ1) is 13.0. The molecule has 2 heterocycles. The van der Waals surface area contributed by atoms with Crippen molar-refractivity contribution in [3.8, 4) is 11.5 Å². The highest BCUT2D eigenvalue weighted by atomic mass is 16.5. The standard InChI is InChI=1S/C20H26N4O3/c1-13(19(26)24-11-9-20(7-8-20)10-12-24)21-17(25)15-3-5-16(6-4-15)18-22-14(2)23-27-18/h3-6,13,17,21,25H,7-12H2,1-2H3/t13-,17?/m1/s1. The summed E-state index contributed by atoms with van der Waals surface area (Å²) in [6.07, 6.45) is 3.96. The molecule has 2 atom stereocenters. The Bertz CT molecular complexity index is 803. The maximum absolute atomic E-state index is 12.7. The number of carbonyl (C=O) groups excluding carboxylic acids is 1. The fourth-order valence-electron chi connectivity index (χ4n) is 3.78. The molecule has 1 spiro atoms. The van der Waals surface area contributed by atoms with E-state index in [0.717, 1.165) is 31.5 Å². The van der Waals surface area contributed by atoms with Crippen LogP contribution in [0.25, 0.3) is 11.5 Å². The maximum atomic E-state index is 12.7. The molecule has 1 amide bonds. The molecule has 1 unspecified atom stereocenters. The monoisotopic (exact) mass is 370 g/mol. The van der Waals surface area contributed by atoms with Gasteiger partial charge in [0.25, 0.3) is 5.89 Å². The second-order valence-corrected chi connectivity index (χ2v) is 7.88. The number of rotatable bonds is 5. The topological polar surface area (TPSA) is 91.5 Å². The summed E-state index contributed by atoms with van der Waals surface area (Å²) in [7, 11) is 0. The zero-order valence-electron chi connectivity index (χ0n) is 15.8. The molecule has 0 bridgehead atoms. The van der Waals surface area contributed by atoms with E-state index in [1.807, 2.05) is 24.0 Å². The van der Waals surface area contributed by atoms with E-state index in [4.69, 9.17) is 4.52 Å². The van der Waals surface area contributed by atoms with Crippen molar-refractivity contribution in [1.82, 2.24) is 20.4 Å². The summed E-state index contributed by atoms with van der Waals surface area (Å²) in [4.78, 5) is 18.8. The summed E-state index contributed by atoms with van der Waals surface area (Å²) >= 11 is 0. The Balaban J connectivity index is 1.33. The fourth-order valence-corrected chi connectivity index (χ4v) is 3.78. The first-order valence-electron chi connectivity index (χ1n) is 9.59. The highest BCUT2D eigenvalue weighted by Crippen LogP contribution is 2.53. The van der Waals surface area contributed by atoms with Crippen LogP contribution >= 0.6 is 0 Å². The van der Waals surface area contributed by atoms with Crippen molar-refractivity contribution in [2.24, 2.45) is 5.41 Å². The van der Waals surface area contributed by atoms with Gasteiger partial charge >= 0.3 is 0 Å². The van der Waals surface area contributed by atoms with Crippen molar-refractivity contribution in [3.63, 3.8) is 0 Å². The number of piperidine rings is 1. The Labute approximate surface area is 158 Å². The molecular formula is C20H26N4O3. The van der Waals surface area contributed by atoms with Crippen LogP contribution in [-0.4, -0.2) is 45.2 Å². The van der Waals surface area contributed by atoms with E-state index in [0.29, 0.717) is 22.7 Å². The maximum Gasteiger partial charge on any atom is 0.257 e. The molecule has 7 heteroatoms. The van der Waals surface area contributed by atoms with E-state index in [1.165, 1.54) is 12.8 Å². The molecule has 7 nitrogen and oxygen atoms in total. The number of nitrogens with one attached hydrogen (secondary N) is 1. The smallest absolute Gasteiger partial charge is 0.257 e. The minimum atomic E-state index is -0.915. The lowest BCUT2D eigenvalue weighted by molar-refractivity contribution is -0.135. The van der Waals surface area contributed by atoms with Gasteiger partial charge in [0.1, 0.15) is 6.23 Å². The van der Waals surface area contributed by atoms with Crippen LogP contribution in [-0.2, 0) is 4.79 Å². The predicted molar refractivity (Wildman–Crippen MR) is 99.5 cm³/mol. The van der Waals surface area contributed by atoms with Crippen LogP contribution in [0.5, 0.6) is 0 Å². The molecule has 2 aromatic rings. The average molecular weight is 370 g/mol. The number of amides is 1. The predicted octanol–water partition coefficient (Wildman–Crippen LogP) is 2.42. The van der Waals surface area contributed by atoms with Gasteiger partial charge in [-0.3, -0.25) is 10.1 Å². The van der Waals surface area contributed by atoms with Crippen molar-refractivity contribution >= 4 is 5.91 Å². The minimum Gasteiger partial charge on any atom is -0.374 e. The SMILES string of the molecule is Cc1noc(-c2ccc(C(O)N[C@H](C)C(=O)N3CCC4(CC3)CC4)cc2)n1. The van der Waals surface area contributed by atoms with Crippen molar-refractivity contribution in [2.75, 3.05) is 13.1 Å². The number of carbonyl (C=O) groups is 1. The number of hydrogen-bond acceptors (Lipinski definition) is 6. The van der Waals surface area contributed by atoms with Gasteiger partial charge < -0.3 is 14.5 Å². The van der Waals surface area contributed by atoms with Gasteiger partial charge in [0.05, 0.1) is 6.04 Å². The first kappa shape index (κ1) is 18.1. The van der Waals surface area contributed by atoms with Gasteiger partial charge in [0.2, 0.25) is 5.91 Å². The third kappa shape index (κ3) is 3.89. The normalized spacial score (nSPS) is 20.5. The fraction of sp³-hybridized carbons (Fsp3) is 0.550. The quantitative estimate of drug-likeness (QED) is 0.786. The molecule has 1 saturated heterocycles. The molecule has 0 radical (unpaired) electrons. The zero-order valence-corrected chi connectivity index (χ0v) is 15.8. The average Bonchev–Trinajstić information content (AvgIpc) is 3.29. The Morgan fingerprint density at radius 1 is 1.22 bits per heavy atom. The molecular weight excluding hydrogens is 344 g/mol. The van der Waals surface area contributed by atoms with E-state index in [-0.39, 0.29) is 5.91 Å². The molecule has 1 saturated carbocycles. The second-order valence-electron chi connectivity index (χ2n) is 7.88. The van der Waals surface area contributed by atoms with Crippen molar-refractivity contribution in [3.05, 3.63) is 35.7 Å². The molecule has 27 heavy (non-hydrogen) atoms. The molecule has 1 aliphatic carbocycles. The third-order valence-corrected chi connectivity index (χ3v) is 5.87. The summed E-state index contributed by atoms with van der Waals surface area (Å²) < 4.78 is 5.14. The Morgan fingerprint density at radius 3 is 2.44 bits per heavy atom. The Kier molecular flexibility index (Phi) is 4.74. The van der Waals surface area contributed by atoms with E-state index in [1.54, 1.807) is 19.1 Å². The van der Waals surface area contributed by atoms with Crippen LogP contribution < -0.4 is 5.32 Å². The number of likely N-dealkylation sites (tertiary alicyclic amines) is 1. The lowest BCUT2D eigenvalue weighted by Crippen LogP contribution is -2.48. The molecule has 1 aromatic carbocycles. The number of aromatic nitrogens is 2. The van der Waals surface area contributed by atoms with Gasteiger partial charge in [0, 0.05) is 18.7 Å². The molecule has 2 N–H and O–H groups in total. The van der Waals surface area contributed by atoms with E-state index in [2.05, 4.69) is 15.5 Å². The van der Waals surface area contributed by atoms with Gasteiger partial charge in [-0.2, -0.15) is 4.98 Å². The van der Waals surface area contributed by atoms with Gasteiger partial charge in [-0.25, -0.2) is 0 Å². The molecule has 1 aliphatic heterocycles. The second kappa shape index (κ2) is 7.05. The summed E-state index contributed by atoms with van der Waals surface area (Å²) in [5, 5.41) is 17.2. The van der Waals surface area contributed by atoms with Crippen molar-refractivity contribution < 1.29 is 14.4 Å². The summed E-state index contributed by atoms with van der Waals surface area (Å²) in [5.41, 5.74) is 2.02. The molecule has 2 fully saturated rings. The number of nitrogens with zero attached hydrogens (tertiary/aromatic N) is 3. The number of aliphatic hydroxyl groups is 1. The number of aliphatic hydroxyl groups excluding tert-OH is 1. The lowest BCUT2D eigenvalue weighted by Gasteiger charge is -2.34. The molecule has 1 aromatic heterocycles. The Hall–Kier alpha value is -2.25. The number of aryl methyl sites for hydroxylation is 1. The van der Waals surface area contributed by atoms with Crippen LogP contribution in [0.2, 0.25) is 0 Å². The summed E-state index contributed by atoms with van der Waals surface area (Å²) in [6, 6.07) is 6.79. The van der Waals surface area contributed by atoms with Crippen molar-refractivity contribution in [1.29, 1.82) is 0 Å². The molecule has 4 rings (SSSR count).